The molecule has 278 valence electrons. The number of hydrogen-bond acceptors (Lipinski definition) is 3. The summed E-state index contributed by atoms with van der Waals surface area (Å²) in [6.45, 7) is 6.50. The Labute approximate surface area is 281 Å². The molecule has 4 nitrogen and oxygen atoms in total. The molecule has 4 rings (SSSR count). The first kappa shape index (κ1) is 39.3. The third-order valence-corrected chi connectivity index (χ3v) is 11.9. The Bertz CT molecular complexity index is 1330. The van der Waals surface area contributed by atoms with Gasteiger partial charge in [-0.2, -0.15) is 39.5 Å². The quantitative estimate of drug-likeness (QED) is 0.0905. The van der Waals surface area contributed by atoms with Gasteiger partial charge >= 0.3 is 29.9 Å². The third-order valence-electron chi connectivity index (χ3n) is 11.9. The second-order valence-electron chi connectivity index (χ2n) is 14.8. The molecule has 0 saturated heterocycles. The lowest BCUT2D eigenvalue weighted by atomic mass is 9.52. The van der Waals surface area contributed by atoms with Gasteiger partial charge in [-0.3, -0.25) is 4.79 Å². The summed E-state index contributed by atoms with van der Waals surface area (Å²) in [5.41, 5.74) is 3.32. The highest BCUT2D eigenvalue weighted by atomic mass is 19.4. The molecule has 2 saturated carbocycles. The van der Waals surface area contributed by atoms with E-state index in [0.717, 1.165) is 56.9 Å². The highest BCUT2D eigenvalue weighted by Crippen LogP contribution is 2.64. The number of phenols is 1. The van der Waals surface area contributed by atoms with Crippen LogP contribution in [0.5, 0.6) is 5.75 Å². The summed E-state index contributed by atoms with van der Waals surface area (Å²) < 4.78 is 118. The first-order chi connectivity index (χ1) is 22.7. The molecule has 0 aliphatic heterocycles. The highest BCUT2D eigenvalue weighted by Gasteiger charge is 2.81. The van der Waals surface area contributed by atoms with Crippen LogP contribution in [0.15, 0.2) is 30.4 Å². The molecule has 7 atom stereocenters. The van der Waals surface area contributed by atoms with Crippen LogP contribution < -0.4 is 0 Å². The summed E-state index contributed by atoms with van der Waals surface area (Å²) in [7, 11) is 0. The van der Waals surface area contributed by atoms with Gasteiger partial charge in [-0.1, -0.05) is 64.5 Å². The average Bonchev–Trinajstić information content (AvgIpc) is 3.24. The molecule has 0 spiro atoms. The van der Waals surface area contributed by atoms with Crippen molar-refractivity contribution >= 4 is 5.97 Å². The smallest absolute Gasteiger partial charge is 0.460 e. The third kappa shape index (κ3) is 7.76. The zero-order valence-corrected chi connectivity index (χ0v) is 27.7. The fourth-order valence-corrected chi connectivity index (χ4v) is 8.97. The molecule has 0 bridgehead atoms. The standard InChI is InChI=1S/C36H47F9O4/c1-21-29(47)20-28-30-23(18-24-19-25(46)12-13-26(24)27(30)15-16-32(21,28)2)11-9-7-5-3-4-6-8-10-22(31(48)49)14-17-33(37,38)34(39,40)35(41,42)36(43,44)45/h12-13,19,22-23,27-30,46-47H,1,3-11,14-18,20H2,2H3,(H,48,49)/t22?,23-,27-,28+,29-,30-,32-/m1/s1. The van der Waals surface area contributed by atoms with Gasteiger partial charge < -0.3 is 15.3 Å². The van der Waals surface area contributed by atoms with Crippen LogP contribution in [0.4, 0.5) is 39.5 Å². The normalized spacial score (nSPS) is 28.1. The Morgan fingerprint density at radius 2 is 1.55 bits per heavy atom. The summed E-state index contributed by atoms with van der Waals surface area (Å²) >= 11 is 0. The van der Waals surface area contributed by atoms with Gasteiger partial charge in [0.1, 0.15) is 5.75 Å². The van der Waals surface area contributed by atoms with Gasteiger partial charge in [0.15, 0.2) is 0 Å². The monoisotopic (exact) mass is 714 g/mol. The van der Waals surface area contributed by atoms with E-state index in [2.05, 4.69) is 13.5 Å². The molecular formula is C36H47F9O4. The van der Waals surface area contributed by atoms with Gasteiger partial charge in [-0.25, -0.2) is 0 Å². The van der Waals surface area contributed by atoms with Crippen molar-refractivity contribution in [2.24, 2.45) is 29.1 Å². The van der Waals surface area contributed by atoms with Crippen molar-refractivity contribution in [2.45, 2.75) is 139 Å². The van der Waals surface area contributed by atoms with Gasteiger partial charge in [0, 0.05) is 6.42 Å². The van der Waals surface area contributed by atoms with E-state index in [-0.39, 0.29) is 24.0 Å². The second-order valence-corrected chi connectivity index (χ2v) is 14.8. The summed E-state index contributed by atoms with van der Waals surface area (Å²) in [5, 5.41) is 30.2. The van der Waals surface area contributed by atoms with Crippen LogP contribution in [-0.4, -0.2) is 51.3 Å². The Balaban J connectivity index is 1.21. The molecule has 0 radical (unpaired) electrons. The maximum absolute atomic E-state index is 13.9. The molecule has 3 N–H and O–H groups in total. The lowest BCUT2D eigenvalue weighted by Gasteiger charge is -2.52. The minimum Gasteiger partial charge on any atom is -0.508 e. The Morgan fingerprint density at radius 1 is 0.939 bits per heavy atom. The number of aliphatic carboxylic acids is 1. The zero-order valence-electron chi connectivity index (χ0n) is 27.7. The van der Waals surface area contributed by atoms with Crippen LogP contribution in [0.3, 0.4) is 0 Å². The topological polar surface area (TPSA) is 77.8 Å². The fraction of sp³-hybridized carbons (Fsp3) is 0.750. The van der Waals surface area contributed by atoms with E-state index < -0.39 is 54.8 Å². The fourth-order valence-electron chi connectivity index (χ4n) is 8.97. The predicted octanol–water partition coefficient (Wildman–Crippen LogP) is 10.5. The zero-order chi connectivity index (χ0) is 36.6. The summed E-state index contributed by atoms with van der Waals surface area (Å²) in [6.07, 6.45) is -1.29. The van der Waals surface area contributed by atoms with Gasteiger partial charge in [0.05, 0.1) is 12.0 Å². The summed E-state index contributed by atoms with van der Waals surface area (Å²) in [5.74, 6) is -21.0. The number of carbonyl (C=O) groups is 1. The van der Waals surface area contributed by atoms with Crippen LogP contribution >= 0.6 is 0 Å². The number of aliphatic hydroxyl groups is 1. The molecule has 0 amide bonds. The molecule has 3 aliphatic carbocycles. The van der Waals surface area contributed by atoms with Crippen molar-refractivity contribution in [2.75, 3.05) is 0 Å². The van der Waals surface area contributed by atoms with E-state index in [1.807, 2.05) is 12.1 Å². The maximum Gasteiger partial charge on any atom is 0.460 e. The summed E-state index contributed by atoms with van der Waals surface area (Å²) in [4.78, 5) is 11.5. The largest absolute Gasteiger partial charge is 0.508 e. The number of alkyl halides is 9. The van der Waals surface area contributed by atoms with Crippen LogP contribution in [0.1, 0.15) is 114 Å². The Kier molecular flexibility index (Phi) is 11.8. The molecule has 0 aromatic heterocycles. The lowest BCUT2D eigenvalue weighted by Crippen LogP contribution is -2.60. The van der Waals surface area contributed by atoms with E-state index in [4.69, 9.17) is 0 Å². The summed E-state index contributed by atoms with van der Waals surface area (Å²) in [6, 6.07) is 5.67. The second kappa shape index (κ2) is 14.7. The van der Waals surface area contributed by atoms with E-state index in [1.165, 1.54) is 11.1 Å². The molecule has 3 aliphatic rings. The van der Waals surface area contributed by atoms with Gasteiger partial charge in [-0.05, 0) is 103 Å². The lowest BCUT2D eigenvalue weighted by molar-refractivity contribution is -0.396. The molecule has 2 fully saturated rings. The predicted molar refractivity (Wildman–Crippen MR) is 165 cm³/mol. The van der Waals surface area contributed by atoms with Gasteiger partial charge in [-0.15, -0.1) is 0 Å². The number of aromatic hydroxyl groups is 1. The SMILES string of the molecule is C=C1[C@H](O)C[C@H]2[C@@H]3[C@H](CCCCCCCCCC(CCC(F)(F)C(F)(F)C(F)(F)C(F)(F)F)C(=O)O)Cc4cc(O)ccc4[C@H]3CC[C@]12C. The first-order valence-electron chi connectivity index (χ1n) is 17.3. The van der Waals surface area contributed by atoms with Gasteiger partial charge in [0.25, 0.3) is 0 Å². The molecule has 0 heterocycles. The molecule has 1 aromatic rings. The number of aliphatic hydroxyl groups excluding tert-OH is 1. The molecular weight excluding hydrogens is 667 g/mol. The minimum absolute atomic E-state index is 0.0966. The van der Waals surface area contributed by atoms with Crippen molar-refractivity contribution in [3.63, 3.8) is 0 Å². The maximum atomic E-state index is 13.9. The van der Waals surface area contributed by atoms with Crippen LogP contribution in [0.25, 0.3) is 0 Å². The first-order valence-corrected chi connectivity index (χ1v) is 17.3. The number of carboxylic acid groups (broad SMARTS) is 1. The minimum atomic E-state index is -6.98. The van der Waals surface area contributed by atoms with Crippen molar-refractivity contribution in [1.82, 2.24) is 0 Å². The molecule has 1 unspecified atom stereocenters. The van der Waals surface area contributed by atoms with Crippen molar-refractivity contribution in [3.8, 4) is 5.75 Å². The van der Waals surface area contributed by atoms with E-state index in [9.17, 15) is 59.6 Å². The number of fused-ring (bicyclic) bond motifs is 5. The molecule has 49 heavy (non-hydrogen) atoms. The van der Waals surface area contributed by atoms with Gasteiger partial charge in [0.2, 0.25) is 0 Å². The Morgan fingerprint density at radius 3 is 2.16 bits per heavy atom. The van der Waals surface area contributed by atoms with E-state index >= 15 is 0 Å². The van der Waals surface area contributed by atoms with Crippen LogP contribution in [0, 0.1) is 29.1 Å². The number of benzene rings is 1. The highest BCUT2D eigenvalue weighted by molar-refractivity contribution is 5.69. The number of phenolic OH excluding ortho intramolecular Hbond substituents is 1. The average molecular weight is 715 g/mol. The van der Waals surface area contributed by atoms with Crippen LogP contribution in [0.2, 0.25) is 0 Å². The van der Waals surface area contributed by atoms with E-state index in [1.54, 1.807) is 6.07 Å². The number of carboxylic acids is 1. The Hall–Kier alpha value is -2.44. The number of hydrogen-bond donors (Lipinski definition) is 3. The number of unbranched alkanes of at least 4 members (excludes halogenated alkanes) is 6. The van der Waals surface area contributed by atoms with Crippen LogP contribution in [-0.2, 0) is 11.2 Å². The van der Waals surface area contributed by atoms with Crippen molar-refractivity contribution in [1.29, 1.82) is 0 Å². The number of rotatable bonds is 16. The van der Waals surface area contributed by atoms with E-state index in [0.29, 0.717) is 42.9 Å². The van der Waals surface area contributed by atoms with Crippen molar-refractivity contribution < 1.29 is 59.6 Å². The van der Waals surface area contributed by atoms with Crippen molar-refractivity contribution in [3.05, 3.63) is 41.5 Å². The molecule has 13 heteroatoms. The number of halogens is 9. The molecule has 1 aromatic carbocycles.